The SMILES string of the molecule is NN=C(C=NCCCO)CN(C/C(N)=C/NCCCO)C/C(N)=C/N(N)CCCO. The molecule has 0 spiro atoms. The lowest BCUT2D eigenvalue weighted by Crippen LogP contribution is -2.38. The molecular formula is C18H39N9O3. The van der Waals surface area contributed by atoms with E-state index in [1.165, 1.54) is 5.01 Å². The van der Waals surface area contributed by atoms with Gasteiger partial charge >= 0.3 is 0 Å². The summed E-state index contributed by atoms with van der Waals surface area (Å²) in [6, 6.07) is 0. The molecule has 0 heterocycles. The van der Waals surface area contributed by atoms with Crippen LogP contribution in [0.3, 0.4) is 0 Å². The number of rotatable bonds is 18. The Hall–Kier alpha value is -2.38. The van der Waals surface area contributed by atoms with Gasteiger partial charge in [0.25, 0.3) is 0 Å². The number of aliphatic imine (C=N–C) groups is 1. The van der Waals surface area contributed by atoms with Crippen LogP contribution in [0, 0.1) is 0 Å². The van der Waals surface area contributed by atoms with Crippen molar-refractivity contribution in [1.82, 2.24) is 15.2 Å². The maximum absolute atomic E-state index is 8.90. The molecule has 0 aromatic heterocycles. The van der Waals surface area contributed by atoms with Crippen LogP contribution >= 0.6 is 0 Å². The van der Waals surface area contributed by atoms with Crippen LogP contribution in [0.4, 0.5) is 0 Å². The maximum Gasteiger partial charge on any atom is 0.0918 e. The minimum atomic E-state index is 0.0458. The van der Waals surface area contributed by atoms with Crippen LogP contribution in [0.2, 0.25) is 0 Å². The standard InChI is InChI=1S/C18H39N9O3/c19-16(10-23-4-1-7-28)12-26(13-17(20)14-27(22)6-3-9-30)15-18(25-21)11-24-5-2-8-29/h10-11,14,23,28-30H,1-9,12-13,15,19-22H2/b16-10-,17-14-,24-11?,25-18?. The van der Waals surface area contributed by atoms with Crippen molar-refractivity contribution in [3.8, 4) is 0 Å². The first kappa shape index (κ1) is 27.6. The normalized spacial score (nSPS) is 13.4. The summed E-state index contributed by atoms with van der Waals surface area (Å²) < 4.78 is 0. The Bertz CT molecular complexity index is 553. The fraction of sp³-hybridized carbons (Fsp3) is 0.667. The van der Waals surface area contributed by atoms with Gasteiger partial charge in [-0.2, -0.15) is 5.10 Å². The van der Waals surface area contributed by atoms with Gasteiger partial charge in [0.15, 0.2) is 0 Å². The molecule has 30 heavy (non-hydrogen) atoms. The van der Waals surface area contributed by atoms with Gasteiger partial charge in [0.05, 0.1) is 5.71 Å². The van der Waals surface area contributed by atoms with E-state index in [-0.39, 0.29) is 19.8 Å². The summed E-state index contributed by atoms with van der Waals surface area (Å²) in [5.74, 6) is 11.3. The molecule has 0 saturated carbocycles. The van der Waals surface area contributed by atoms with Crippen molar-refractivity contribution < 1.29 is 15.3 Å². The molecule has 0 fully saturated rings. The van der Waals surface area contributed by atoms with Gasteiger partial charge in [-0.05, 0) is 19.3 Å². The number of hydrogen-bond acceptors (Lipinski definition) is 12. The molecule has 0 radical (unpaired) electrons. The lowest BCUT2D eigenvalue weighted by atomic mass is 10.3. The van der Waals surface area contributed by atoms with E-state index in [9.17, 15) is 0 Å². The Kier molecular flexibility index (Phi) is 17.2. The Labute approximate surface area is 178 Å². The highest BCUT2D eigenvalue weighted by atomic mass is 16.3. The minimum Gasteiger partial charge on any atom is -0.400 e. The molecule has 0 rings (SSSR count). The van der Waals surface area contributed by atoms with Crippen molar-refractivity contribution in [2.75, 3.05) is 59.1 Å². The minimum absolute atomic E-state index is 0.0458. The van der Waals surface area contributed by atoms with E-state index >= 15 is 0 Å². The first-order valence-electron chi connectivity index (χ1n) is 9.93. The van der Waals surface area contributed by atoms with Gasteiger partial charge in [-0.25, -0.2) is 5.84 Å². The van der Waals surface area contributed by atoms with E-state index in [1.54, 1.807) is 18.6 Å². The maximum atomic E-state index is 8.90. The van der Waals surface area contributed by atoms with Crippen molar-refractivity contribution >= 4 is 11.9 Å². The van der Waals surface area contributed by atoms with Gasteiger partial charge < -0.3 is 43.0 Å². The van der Waals surface area contributed by atoms with Crippen LogP contribution in [0.5, 0.6) is 0 Å². The number of aliphatic hydroxyl groups is 3. The second-order valence-electron chi connectivity index (χ2n) is 6.65. The Morgan fingerprint density at radius 1 is 0.933 bits per heavy atom. The zero-order chi connectivity index (χ0) is 22.6. The van der Waals surface area contributed by atoms with Crippen LogP contribution in [-0.2, 0) is 0 Å². The molecule has 12 N–H and O–H groups in total. The summed E-state index contributed by atoms with van der Waals surface area (Å²) in [6.07, 6.45) is 6.58. The zero-order valence-electron chi connectivity index (χ0n) is 17.7. The van der Waals surface area contributed by atoms with E-state index in [4.69, 9.17) is 38.5 Å². The molecular weight excluding hydrogens is 390 g/mol. The predicted molar refractivity (Wildman–Crippen MR) is 120 cm³/mol. The molecule has 12 nitrogen and oxygen atoms in total. The quantitative estimate of drug-likeness (QED) is 0.0485. The first-order chi connectivity index (χ1) is 14.5. The van der Waals surface area contributed by atoms with Crippen molar-refractivity contribution in [1.29, 1.82) is 0 Å². The zero-order valence-corrected chi connectivity index (χ0v) is 17.7. The highest BCUT2D eigenvalue weighted by Gasteiger charge is 2.11. The number of hydrazine groups is 1. The Balaban J connectivity index is 5.09. The predicted octanol–water partition coefficient (Wildman–Crippen LogP) is -2.81. The lowest BCUT2D eigenvalue weighted by Gasteiger charge is -2.23. The largest absolute Gasteiger partial charge is 0.400 e. The van der Waals surface area contributed by atoms with Gasteiger partial charge in [0.2, 0.25) is 0 Å². The van der Waals surface area contributed by atoms with Gasteiger partial charge in [-0.15, -0.1) is 0 Å². The van der Waals surface area contributed by atoms with Crippen LogP contribution in [-0.4, -0.2) is 96.2 Å². The number of aliphatic hydroxyl groups excluding tert-OH is 3. The molecule has 0 bridgehead atoms. The molecule has 0 unspecified atom stereocenters. The number of hydrogen-bond donors (Lipinski definition) is 8. The average Bonchev–Trinajstić information content (AvgIpc) is 2.71. The highest BCUT2D eigenvalue weighted by Crippen LogP contribution is 2.00. The van der Waals surface area contributed by atoms with E-state index in [0.717, 1.165) is 0 Å². The van der Waals surface area contributed by atoms with E-state index < -0.39 is 0 Å². The first-order valence-corrected chi connectivity index (χ1v) is 9.93. The summed E-state index contributed by atoms with van der Waals surface area (Å²) in [4.78, 5) is 6.12. The van der Waals surface area contributed by atoms with E-state index in [1.807, 2.05) is 4.90 Å². The van der Waals surface area contributed by atoms with E-state index in [2.05, 4.69) is 15.4 Å². The molecule has 0 aromatic carbocycles. The molecule has 0 aliphatic carbocycles. The van der Waals surface area contributed by atoms with Crippen LogP contribution in [0.1, 0.15) is 19.3 Å². The van der Waals surface area contributed by atoms with Crippen LogP contribution < -0.4 is 28.5 Å². The third-order valence-corrected chi connectivity index (χ3v) is 3.72. The second-order valence-corrected chi connectivity index (χ2v) is 6.65. The van der Waals surface area contributed by atoms with Crippen LogP contribution in [0.15, 0.2) is 33.9 Å². The smallest absolute Gasteiger partial charge is 0.0918 e. The van der Waals surface area contributed by atoms with Crippen LogP contribution in [0.25, 0.3) is 0 Å². The van der Waals surface area contributed by atoms with E-state index in [0.29, 0.717) is 75.6 Å². The number of hydrazone groups is 1. The fourth-order valence-corrected chi connectivity index (χ4v) is 2.36. The molecule has 0 aliphatic rings. The number of nitrogens with one attached hydrogen (secondary N) is 1. The van der Waals surface area contributed by atoms with Gasteiger partial charge in [0, 0.05) is 89.1 Å². The molecule has 12 heteroatoms. The summed E-state index contributed by atoms with van der Waals surface area (Å²) >= 11 is 0. The molecule has 174 valence electrons. The third-order valence-electron chi connectivity index (χ3n) is 3.72. The summed E-state index contributed by atoms with van der Waals surface area (Å²) in [6.45, 7) is 2.85. The number of nitrogens with two attached hydrogens (primary N) is 4. The Morgan fingerprint density at radius 2 is 1.60 bits per heavy atom. The molecule has 0 aliphatic heterocycles. The third kappa shape index (κ3) is 15.5. The average molecular weight is 430 g/mol. The Morgan fingerprint density at radius 3 is 2.23 bits per heavy atom. The summed E-state index contributed by atoms with van der Waals surface area (Å²) in [5.41, 5.74) is 13.8. The molecule has 0 amide bonds. The van der Waals surface area contributed by atoms with Crippen molar-refractivity contribution in [2.24, 2.45) is 33.2 Å². The van der Waals surface area contributed by atoms with Crippen molar-refractivity contribution in [3.05, 3.63) is 23.8 Å². The fourth-order valence-electron chi connectivity index (χ4n) is 2.36. The van der Waals surface area contributed by atoms with Crippen molar-refractivity contribution in [3.63, 3.8) is 0 Å². The summed E-state index contributed by atoms with van der Waals surface area (Å²) in [7, 11) is 0. The van der Waals surface area contributed by atoms with Crippen molar-refractivity contribution in [2.45, 2.75) is 19.3 Å². The molecule has 0 saturated heterocycles. The number of nitrogens with zero attached hydrogens (tertiary/aromatic N) is 4. The highest BCUT2D eigenvalue weighted by molar-refractivity contribution is 6.31. The second kappa shape index (κ2) is 18.6. The van der Waals surface area contributed by atoms with Gasteiger partial charge in [-0.3, -0.25) is 9.89 Å². The van der Waals surface area contributed by atoms with Gasteiger partial charge in [0.1, 0.15) is 0 Å². The van der Waals surface area contributed by atoms with Gasteiger partial charge in [-0.1, -0.05) is 0 Å². The molecule has 0 atom stereocenters. The summed E-state index contributed by atoms with van der Waals surface area (Å²) in [5, 5.41) is 34.8. The monoisotopic (exact) mass is 429 g/mol. The topological polar surface area (TPSA) is 208 Å². The molecule has 0 aromatic rings. The lowest BCUT2D eigenvalue weighted by molar-refractivity contribution is 0.259.